The molecule has 30 saturated heterocycles. The van der Waals surface area contributed by atoms with E-state index in [4.69, 9.17) is 80.5 Å². The quantitative estimate of drug-likeness (QED) is 0.0982. The van der Waals surface area contributed by atoms with Crippen LogP contribution in [0.4, 0.5) is 0 Å². The third kappa shape index (κ3) is 15.5. The number of rotatable bonds is 10. The van der Waals surface area contributed by atoms with Gasteiger partial charge < -0.3 is 198 Å². The minimum atomic E-state index is -2.33. The van der Waals surface area contributed by atoms with Gasteiger partial charge in [0.05, 0.1) is 51.8 Å². The maximum atomic E-state index is 13.7. The normalized spacial score (nSPS) is 50.1. The maximum absolute atomic E-state index is 13.7. The molecule has 568 valence electrons. The van der Waals surface area contributed by atoms with E-state index in [-0.39, 0.29) is 5.56 Å². The van der Waals surface area contributed by atoms with Crippen molar-refractivity contribution in [2.45, 2.75) is 246 Å². The summed E-state index contributed by atoms with van der Waals surface area (Å²) in [5, 5.41) is 260. The van der Waals surface area contributed by atoms with E-state index >= 15 is 0 Å². The smallest absolute Gasteiger partial charge is 0.338 e. The zero-order chi connectivity index (χ0) is 72.0. The van der Waals surface area contributed by atoms with Crippen LogP contribution in [0, 0.1) is 0 Å². The van der Waals surface area contributed by atoms with Crippen molar-refractivity contribution in [3.8, 4) is 0 Å². The van der Waals surface area contributed by atoms with Crippen LogP contribution in [-0.4, -0.2) is 422 Å². The number of benzene rings is 2. The number of hydrogen-bond donors (Lipinski definition) is 23. The fourth-order valence-electron chi connectivity index (χ4n) is 13.4. The van der Waals surface area contributed by atoms with Crippen molar-refractivity contribution >= 4 is 16.7 Å². The second-order valence-electron chi connectivity index (χ2n) is 25.4. The molecule has 41 heteroatoms. The first-order chi connectivity index (χ1) is 47.8. The van der Waals surface area contributed by atoms with Gasteiger partial charge in [-0.25, -0.2) is 4.79 Å². The molecule has 0 aliphatic carbocycles. The van der Waals surface area contributed by atoms with Gasteiger partial charge in [-0.3, -0.25) is 0 Å². The molecule has 0 aromatic heterocycles. The Hall–Kier alpha value is -3.39. The van der Waals surface area contributed by atoms with Crippen molar-refractivity contribution in [1.82, 2.24) is 0 Å². The Morgan fingerprint density at radius 3 is 0.680 bits per heavy atom. The van der Waals surface area contributed by atoms with Crippen molar-refractivity contribution < 1.29 is 203 Å². The molecule has 0 spiro atoms. The van der Waals surface area contributed by atoms with Crippen molar-refractivity contribution in [3.05, 3.63) is 48.0 Å². The lowest BCUT2D eigenvalue weighted by Crippen LogP contribution is -2.69. The SMILES string of the molecule is O=C(OC[C@H]1O[C@@H]2O[C@H]3[C@H](O)[C@@H](O)[C@@H](O[C@H]4[C@H](O)[C@@H](O)[C@@H](O[C@H]5[C@H](O)[C@@H](O)[C@@H](O[C@H]6[C@H](O)[C@@H](O)[C@@H](O[C@H]7[C@@H](O)[C@H](O)[C@@H](O[C@H]8[C@@H](O)[C@H](O)[C@@H](O[C@H]9[C@@H](O)[C@H](O)[C@@H](O[C@H]1[C@H](O)[C@H]2O)O[C@@H]9CO)O[C@@H]8CO)O[C@@H]7CO)O[C@@H]6CO)O[C@@H]5CO)O[C@@H]4CO)O[C@@H]3CO)c1ccc2ccccc2c1. The monoisotopic (exact) mass is 1450 g/mol. The molecule has 30 aliphatic rings. The Morgan fingerprint density at radius 1 is 0.260 bits per heavy atom. The number of fused-ring (bicyclic) bond motifs is 1. The average molecular weight is 1450 g/mol. The van der Waals surface area contributed by atoms with Gasteiger partial charge in [-0.1, -0.05) is 30.3 Å². The molecule has 0 amide bonds. The average Bonchev–Trinajstić information content (AvgIpc) is 0.790. The summed E-state index contributed by atoms with van der Waals surface area (Å²) in [6.45, 7) is -8.64. The zero-order valence-electron chi connectivity index (χ0n) is 52.4. The van der Waals surface area contributed by atoms with Crippen molar-refractivity contribution in [1.29, 1.82) is 0 Å². The molecule has 41 nitrogen and oxygen atoms in total. The van der Waals surface area contributed by atoms with Crippen LogP contribution in [0.25, 0.3) is 10.8 Å². The summed E-state index contributed by atoms with van der Waals surface area (Å²) < 4.78 is 98.4. The summed E-state index contributed by atoms with van der Waals surface area (Å²) in [7, 11) is 0. The van der Waals surface area contributed by atoms with Gasteiger partial charge in [0, 0.05) is 0 Å². The van der Waals surface area contributed by atoms with Gasteiger partial charge >= 0.3 is 5.97 Å². The van der Waals surface area contributed by atoms with E-state index in [2.05, 4.69) is 0 Å². The topological polar surface area (TPSA) is 639 Å². The second kappa shape index (κ2) is 33.2. The highest BCUT2D eigenvalue weighted by molar-refractivity contribution is 5.95. The summed E-state index contributed by atoms with van der Waals surface area (Å²) in [6.07, 6.45) is -83.6. The maximum Gasteiger partial charge on any atom is 0.338 e. The molecule has 2 aromatic carbocycles. The highest BCUT2D eigenvalue weighted by Crippen LogP contribution is 2.40. The van der Waals surface area contributed by atoms with Crippen LogP contribution in [0.3, 0.4) is 0 Å². The third-order valence-electron chi connectivity index (χ3n) is 19.1. The molecule has 0 saturated carbocycles. The number of ether oxygens (including phenoxy) is 17. The summed E-state index contributed by atoms with van der Waals surface area (Å²) in [6, 6.07) is 11.5. The first kappa shape index (κ1) is 77.7. The molecule has 23 N–H and O–H groups in total. The third-order valence-corrected chi connectivity index (χ3v) is 19.1. The van der Waals surface area contributed by atoms with E-state index in [1.54, 1.807) is 30.3 Å². The highest BCUT2D eigenvalue weighted by Gasteiger charge is 2.60. The molecule has 100 heavy (non-hydrogen) atoms. The second-order valence-corrected chi connectivity index (χ2v) is 25.4. The van der Waals surface area contributed by atoms with Crippen molar-refractivity contribution in [3.63, 3.8) is 0 Å². The summed E-state index contributed by atoms with van der Waals surface area (Å²) in [5.41, 5.74) is -0.00000581. The predicted molar refractivity (Wildman–Crippen MR) is 308 cm³/mol. The number of aliphatic hydroxyl groups excluding tert-OH is 23. The van der Waals surface area contributed by atoms with Gasteiger partial charge in [0.15, 0.2) is 50.3 Å². The molecule has 2 aromatic rings. The Labute approximate surface area is 564 Å². The van der Waals surface area contributed by atoms with Crippen LogP contribution >= 0.6 is 0 Å². The number of esters is 1. The van der Waals surface area contributed by atoms with Gasteiger partial charge in [0.1, 0.15) is 202 Å². The Kier molecular flexibility index (Phi) is 25.8. The molecule has 16 bridgehead atoms. The molecular weight excluding hydrogens is 1360 g/mol. The molecule has 0 radical (unpaired) electrons. The summed E-state index contributed by atoms with van der Waals surface area (Å²) in [5.74, 6) is -0.992. The minimum absolute atomic E-state index is 0.00000581. The van der Waals surface area contributed by atoms with Crippen LogP contribution < -0.4 is 0 Å². The first-order valence-electron chi connectivity index (χ1n) is 32.1. The molecule has 30 fully saturated rings. The van der Waals surface area contributed by atoms with Gasteiger partial charge in [0.2, 0.25) is 0 Å². The van der Waals surface area contributed by atoms with E-state index in [9.17, 15) is 122 Å². The molecule has 30 heterocycles. The largest absolute Gasteiger partial charge is 0.459 e. The fourth-order valence-corrected chi connectivity index (χ4v) is 13.4. The van der Waals surface area contributed by atoms with E-state index in [0.717, 1.165) is 5.39 Å². The number of hydrogen-bond acceptors (Lipinski definition) is 41. The minimum Gasteiger partial charge on any atom is -0.459 e. The molecule has 30 aliphatic heterocycles. The van der Waals surface area contributed by atoms with Crippen LogP contribution in [0.1, 0.15) is 10.4 Å². The van der Waals surface area contributed by atoms with Gasteiger partial charge in [-0.15, -0.1) is 0 Å². The summed E-state index contributed by atoms with van der Waals surface area (Å²) >= 11 is 0. The lowest BCUT2D eigenvalue weighted by Gasteiger charge is -2.50. The van der Waals surface area contributed by atoms with E-state index in [1.165, 1.54) is 12.1 Å². The molecular formula is C59H86O41. The van der Waals surface area contributed by atoms with E-state index in [1.807, 2.05) is 0 Å². The molecule has 32 rings (SSSR count). The van der Waals surface area contributed by atoms with Crippen molar-refractivity contribution in [2.75, 3.05) is 52.9 Å². The number of aliphatic hydroxyl groups is 23. The Morgan fingerprint density at radius 2 is 0.460 bits per heavy atom. The summed E-state index contributed by atoms with van der Waals surface area (Å²) in [4.78, 5) is 13.7. The number of carbonyl (C=O) groups excluding carboxylic acids is 1. The Balaban J connectivity index is 0.874. The van der Waals surface area contributed by atoms with Gasteiger partial charge in [-0.05, 0) is 22.9 Å². The van der Waals surface area contributed by atoms with E-state index in [0.29, 0.717) is 5.39 Å². The first-order valence-corrected chi connectivity index (χ1v) is 32.1. The predicted octanol–water partition coefficient (Wildman–Crippen LogP) is -14.4. The standard InChI is InChI=1S/C59H86O41/c60-8-19-43-27(67)35(75)52(85-19)94-44-20(9-61)87-54(37(77)29(44)69)96-46-22(11-63)89-56(39(79)31(46)71)98-48-24(13-65)91-58(41(81)33(48)73)100-50-26(15-84-51(83)18-6-5-16-3-1-2-4-17(16)7-18)92-59(42(82)34(50)74)99-49-25(14-66)90-57(40(80)32(49)72)97-47-23(12-64)88-55(38(78)30(47)70)95-45-21(10-62)86-53(93-43)36(76)28(45)68/h1-7,19-50,52-82H,8-15H2/t19-,20-,21-,22-,23-,24-,25-,26-,27-,28-,29+,30-,31+,32-,33+,34-,35-,36-,37+,38-,39+,40-,41+,42-,43-,44-,45-,46-,47-,48-,49-,50-,52-,53-,54-,55-,56-,57-,58-,59-/m1/s1. The van der Waals surface area contributed by atoms with Crippen LogP contribution in [0.5, 0.6) is 0 Å². The lowest BCUT2D eigenvalue weighted by atomic mass is 9.94. The van der Waals surface area contributed by atoms with E-state index < -0.39 is 304 Å². The van der Waals surface area contributed by atoms with Gasteiger partial charge in [-0.2, -0.15) is 0 Å². The zero-order valence-corrected chi connectivity index (χ0v) is 52.4. The number of carbonyl (C=O) groups is 1. The highest BCUT2D eigenvalue weighted by atomic mass is 16.8. The van der Waals surface area contributed by atoms with Crippen LogP contribution in [0.2, 0.25) is 0 Å². The molecule has 40 atom stereocenters. The van der Waals surface area contributed by atoms with Gasteiger partial charge in [0.25, 0.3) is 0 Å². The van der Waals surface area contributed by atoms with Crippen LogP contribution in [-0.2, 0) is 80.5 Å². The van der Waals surface area contributed by atoms with Crippen LogP contribution in [0.15, 0.2) is 42.5 Å². The van der Waals surface area contributed by atoms with Crippen molar-refractivity contribution in [2.24, 2.45) is 0 Å². The fraction of sp³-hybridized carbons (Fsp3) is 0.814. The lowest BCUT2D eigenvalue weighted by molar-refractivity contribution is -0.404. The molecule has 0 unspecified atom stereocenters. The Bertz CT molecular complexity index is 2910.